The van der Waals surface area contributed by atoms with Gasteiger partial charge in [-0.3, -0.25) is 9.69 Å². The van der Waals surface area contributed by atoms with Gasteiger partial charge in [0.1, 0.15) is 16.4 Å². The lowest BCUT2D eigenvalue weighted by Crippen LogP contribution is -2.56. The molecule has 8 nitrogen and oxygen atoms in total. The zero-order chi connectivity index (χ0) is 13.8. The number of carboxylic acid groups (broad SMARTS) is 1. The van der Waals surface area contributed by atoms with Gasteiger partial charge in [0, 0.05) is 0 Å². The number of tetrazole rings is 1. The summed E-state index contributed by atoms with van der Waals surface area (Å²) in [5, 5.41) is 20.4. The molecule has 3 rings (SSSR count). The third-order valence-electron chi connectivity index (χ3n) is 3.21. The molecule has 2 aliphatic rings. The lowest BCUT2D eigenvalue weighted by atomic mass is 10.1. The smallest absolute Gasteiger partial charge is 0.352 e. The molecule has 1 unspecified atom stereocenters. The normalized spacial score (nSPS) is 29.6. The van der Waals surface area contributed by atoms with Gasteiger partial charge in [-0.05, 0) is 30.4 Å². The molecule has 19 heavy (non-hydrogen) atoms. The van der Waals surface area contributed by atoms with Crippen LogP contribution in [0.15, 0.2) is 11.8 Å². The fourth-order valence-corrected chi connectivity index (χ4v) is 3.88. The second kappa shape index (κ2) is 3.80. The second-order valence-electron chi connectivity index (χ2n) is 4.57. The van der Waals surface area contributed by atoms with Crippen molar-refractivity contribution in [3.63, 3.8) is 0 Å². The van der Waals surface area contributed by atoms with Gasteiger partial charge < -0.3 is 5.11 Å². The molecule has 0 aliphatic carbocycles. The Labute approximate surface area is 112 Å². The molecule has 0 radical (unpaired) electrons. The minimum absolute atomic E-state index is 0.00241. The van der Waals surface area contributed by atoms with Crippen LogP contribution in [0, 0.1) is 6.92 Å². The molecule has 1 N–H and O–H groups in total. The highest BCUT2D eigenvalue weighted by molar-refractivity contribution is 8.00. The topological polar surface area (TPSA) is 101 Å². The number of hydrogen-bond donors (Lipinski definition) is 1. The zero-order valence-electron chi connectivity index (χ0n) is 10.3. The molecule has 1 aromatic rings. The van der Waals surface area contributed by atoms with E-state index in [1.165, 1.54) is 22.7 Å². The predicted molar refractivity (Wildman–Crippen MR) is 64.8 cm³/mol. The SMILES string of the molecule is Cc1nnnn1C1(C)C=C(C(=O)O)N2C(=O)C[C@H]2S1. The van der Waals surface area contributed by atoms with Crippen LogP contribution in [0.25, 0.3) is 0 Å². The molecule has 9 heteroatoms. The van der Waals surface area contributed by atoms with Gasteiger partial charge in [-0.25, -0.2) is 9.48 Å². The van der Waals surface area contributed by atoms with E-state index in [-0.39, 0.29) is 17.0 Å². The van der Waals surface area contributed by atoms with Crippen molar-refractivity contribution in [2.24, 2.45) is 0 Å². The quantitative estimate of drug-likeness (QED) is 0.757. The van der Waals surface area contributed by atoms with Crippen molar-refractivity contribution in [2.75, 3.05) is 0 Å². The number of β-lactam (4-membered cyclic amide) rings is 1. The summed E-state index contributed by atoms with van der Waals surface area (Å²) in [6.07, 6.45) is 1.86. The summed E-state index contributed by atoms with van der Waals surface area (Å²) in [5.74, 6) is -0.688. The third-order valence-corrected chi connectivity index (χ3v) is 4.63. The fourth-order valence-electron chi connectivity index (χ4n) is 2.32. The number of nitrogens with zero attached hydrogens (tertiary/aromatic N) is 5. The van der Waals surface area contributed by atoms with E-state index in [9.17, 15) is 14.7 Å². The van der Waals surface area contributed by atoms with Gasteiger partial charge in [0.2, 0.25) is 5.91 Å². The summed E-state index contributed by atoms with van der Waals surface area (Å²) in [6, 6.07) is 0. The highest BCUT2D eigenvalue weighted by Gasteiger charge is 2.50. The average Bonchev–Trinajstić information content (AvgIpc) is 2.74. The molecule has 0 bridgehead atoms. The number of carbonyl (C=O) groups excluding carboxylic acids is 1. The Bertz CT molecular complexity index is 612. The predicted octanol–water partition coefficient (Wildman–Crippen LogP) is -0.0721. The van der Waals surface area contributed by atoms with Gasteiger partial charge in [0.25, 0.3) is 0 Å². The van der Waals surface area contributed by atoms with Gasteiger partial charge in [-0.1, -0.05) is 0 Å². The lowest BCUT2D eigenvalue weighted by molar-refractivity contribution is -0.146. The molecule has 3 heterocycles. The van der Waals surface area contributed by atoms with Crippen LogP contribution >= 0.6 is 11.8 Å². The van der Waals surface area contributed by atoms with Crippen LogP contribution < -0.4 is 0 Å². The van der Waals surface area contributed by atoms with E-state index in [0.29, 0.717) is 12.2 Å². The maximum absolute atomic E-state index is 11.5. The molecule has 2 aliphatic heterocycles. The van der Waals surface area contributed by atoms with E-state index in [2.05, 4.69) is 15.5 Å². The van der Waals surface area contributed by atoms with Crippen LogP contribution in [-0.4, -0.2) is 47.5 Å². The van der Waals surface area contributed by atoms with Crippen molar-refractivity contribution in [1.29, 1.82) is 0 Å². The summed E-state index contributed by atoms with van der Waals surface area (Å²) in [4.78, 5) is 23.4. The van der Waals surface area contributed by atoms with Crippen molar-refractivity contribution in [1.82, 2.24) is 25.1 Å². The number of aromatic nitrogens is 4. The molecular weight excluding hydrogens is 270 g/mol. The minimum Gasteiger partial charge on any atom is -0.477 e. The Balaban J connectivity index is 2.09. The molecular formula is C10H11N5O3S. The number of amides is 1. The molecule has 0 spiro atoms. The van der Waals surface area contributed by atoms with Crippen molar-refractivity contribution in [2.45, 2.75) is 30.5 Å². The number of rotatable bonds is 2. The highest BCUT2D eigenvalue weighted by atomic mass is 32.2. The van der Waals surface area contributed by atoms with Crippen molar-refractivity contribution >= 4 is 23.6 Å². The first-order chi connectivity index (χ1) is 8.92. The van der Waals surface area contributed by atoms with Gasteiger partial charge in [-0.2, -0.15) is 0 Å². The summed E-state index contributed by atoms with van der Waals surface area (Å²) in [7, 11) is 0. The second-order valence-corrected chi connectivity index (χ2v) is 6.17. The first kappa shape index (κ1) is 12.2. The first-order valence-electron chi connectivity index (χ1n) is 5.64. The number of carbonyl (C=O) groups is 2. The summed E-state index contributed by atoms with van der Waals surface area (Å²) >= 11 is 1.47. The Kier molecular flexibility index (Phi) is 2.43. The number of aryl methyl sites for hydroxylation is 1. The number of fused-ring (bicyclic) bond motifs is 1. The molecule has 1 amide bonds. The summed E-state index contributed by atoms with van der Waals surface area (Å²) in [5.41, 5.74) is -0.00241. The van der Waals surface area contributed by atoms with E-state index in [4.69, 9.17) is 0 Å². The fraction of sp³-hybridized carbons (Fsp3) is 0.500. The first-order valence-corrected chi connectivity index (χ1v) is 6.52. The highest BCUT2D eigenvalue weighted by Crippen LogP contribution is 2.48. The Morgan fingerprint density at radius 2 is 2.37 bits per heavy atom. The van der Waals surface area contributed by atoms with E-state index < -0.39 is 10.8 Å². The molecule has 1 fully saturated rings. The maximum atomic E-state index is 11.5. The van der Waals surface area contributed by atoms with Crippen molar-refractivity contribution in [3.8, 4) is 0 Å². The summed E-state index contributed by atoms with van der Waals surface area (Å²) < 4.78 is 1.57. The molecule has 1 aromatic heterocycles. The molecule has 0 saturated carbocycles. The van der Waals surface area contributed by atoms with E-state index in [1.807, 2.05) is 6.92 Å². The Morgan fingerprint density at radius 1 is 1.63 bits per heavy atom. The third kappa shape index (κ3) is 1.65. The molecule has 100 valence electrons. The van der Waals surface area contributed by atoms with Crippen molar-refractivity contribution in [3.05, 3.63) is 17.6 Å². The van der Waals surface area contributed by atoms with Crippen LogP contribution in [0.1, 0.15) is 19.2 Å². The molecule has 0 aromatic carbocycles. The van der Waals surface area contributed by atoms with Gasteiger partial charge in [-0.15, -0.1) is 16.9 Å². The van der Waals surface area contributed by atoms with E-state index in [1.54, 1.807) is 11.6 Å². The van der Waals surface area contributed by atoms with Crippen molar-refractivity contribution < 1.29 is 14.7 Å². The maximum Gasteiger partial charge on any atom is 0.352 e. The van der Waals surface area contributed by atoms with Crippen LogP contribution in [0.2, 0.25) is 0 Å². The van der Waals surface area contributed by atoms with Gasteiger partial charge in [0.15, 0.2) is 0 Å². The molecule has 1 saturated heterocycles. The lowest BCUT2D eigenvalue weighted by Gasteiger charge is -2.47. The van der Waals surface area contributed by atoms with Crippen LogP contribution in [0.4, 0.5) is 0 Å². The average molecular weight is 281 g/mol. The van der Waals surface area contributed by atoms with Crippen LogP contribution in [-0.2, 0) is 14.5 Å². The number of thioether (sulfide) groups is 1. The van der Waals surface area contributed by atoms with E-state index in [0.717, 1.165) is 0 Å². The minimum atomic E-state index is -1.12. The van der Waals surface area contributed by atoms with Crippen LogP contribution in [0.5, 0.6) is 0 Å². The molecule has 2 atom stereocenters. The zero-order valence-corrected chi connectivity index (χ0v) is 11.1. The largest absolute Gasteiger partial charge is 0.477 e. The monoisotopic (exact) mass is 281 g/mol. The van der Waals surface area contributed by atoms with Gasteiger partial charge in [0.05, 0.1) is 11.8 Å². The Hall–Kier alpha value is -1.90. The Morgan fingerprint density at radius 3 is 2.89 bits per heavy atom. The van der Waals surface area contributed by atoms with E-state index >= 15 is 0 Å². The number of aliphatic carboxylic acids is 1. The number of hydrogen-bond acceptors (Lipinski definition) is 6. The van der Waals surface area contributed by atoms with Gasteiger partial charge >= 0.3 is 5.97 Å². The van der Waals surface area contributed by atoms with Crippen LogP contribution in [0.3, 0.4) is 0 Å². The standard InChI is InChI=1S/C10H11N5O3S/c1-5-11-12-13-15(5)10(2)4-6(9(17)18)14-7(16)3-8(14)19-10/h4,8H,3H2,1-2H3,(H,17,18)/t8-,10?/m1/s1. The summed E-state index contributed by atoms with van der Waals surface area (Å²) in [6.45, 7) is 3.59. The number of carboxylic acids is 1.